The predicted octanol–water partition coefficient (Wildman–Crippen LogP) is -6.00. The minimum atomic E-state index is -3.87. The summed E-state index contributed by atoms with van der Waals surface area (Å²) < 4.78 is 23.3. The van der Waals surface area contributed by atoms with E-state index in [1.165, 1.54) is 16.7 Å². The SMILES string of the molecule is CC1(C)S[C@@H]2[C@H](NC(=O)C(NC(=O)N3CCN(S(C)(=O)=O)C3=O)c3ccccc3)C(=O)N2[C@H]1C(=O)O.[H-].[H-].[Na+].[Na+]. The van der Waals surface area contributed by atoms with Crippen LogP contribution in [0.25, 0.3) is 0 Å². The molecule has 3 aliphatic rings. The number of sulfonamides is 1. The van der Waals surface area contributed by atoms with Crippen molar-refractivity contribution in [3.8, 4) is 0 Å². The van der Waals surface area contributed by atoms with Gasteiger partial charge in [-0.1, -0.05) is 30.3 Å². The summed E-state index contributed by atoms with van der Waals surface area (Å²) in [4.78, 5) is 65.0. The molecule has 17 heteroatoms. The number of aliphatic carboxylic acids is 1. The molecular formula is C21H27N5Na2O8S2. The molecule has 6 amide bonds. The number of nitrogens with zero attached hydrogens (tertiary/aromatic N) is 3. The Hall–Kier alpha value is -1.33. The predicted molar refractivity (Wildman–Crippen MR) is 129 cm³/mol. The molecule has 4 atom stereocenters. The van der Waals surface area contributed by atoms with Crippen LogP contribution in [0.2, 0.25) is 0 Å². The molecule has 0 spiro atoms. The standard InChI is InChI=1S/C21H25N5O8S2.2Na.2H/c1-21(2)14(18(29)30)26-16(28)13(17(26)35-21)22-15(27)12(11-7-5-4-6-8-11)23-19(31)24-9-10-25(20(24)32)36(3,33)34;;;;/h4-8,12-14,17H,9-10H2,1-3H3,(H,22,27)(H,23,31)(H,29,30);;;;/q;2*+1;2*-1/t12?,13-,14+,17-;;;;/m1..../s1. The largest absolute Gasteiger partial charge is 1.00 e. The van der Waals surface area contributed by atoms with Crippen LogP contribution in [0.1, 0.15) is 28.3 Å². The van der Waals surface area contributed by atoms with Crippen molar-refractivity contribution in [2.24, 2.45) is 0 Å². The number of amides is 6. The molecule has 0 bridgehead atoms. The van der Waals surface area contributed by atoms with E-state index in [9.17, 15) is 37.5 Å². The number of benzene rings is 1. The van der Waals surface area contributed by atoms with Crippen molar-refractivity contribution in [3.63, 3.8) is 0 Å². The van der Waals surface area contributed by atoms with Gasteiger partial charge in [-0.15, -0.1) is 11.8 Å². The van der Waals surface area contributed by atoms with E-state index in [0.717, 1.165) is 6.26 Å². The Morgan fingerprint density at radius 3 is 2.26 bits per heavy atom. The molecule has 198 valence electrons. The van der Waals surface area contributed by atoms with E-state index < -0.39 is 68.1 Å². The summed E-state index contributed by atoms with van der Waals surface area (Å²) in [5.41, 5.74) is 0.362. The number of nitrogens with one attached hydrogen (secondary N) is 2. The van der Waals surface area contributed by atoms with E-state index in [1.807, 2.05) is 0 Å². The second-order valence-electron chi connectivity index (χ2n) is 9.15. The first kappa shape index (κ1) is 32.9. The Kier molecular flexibility index (Phi) is 10.4. The van der Waals surface area contributed by atoms with Crippen LogP contribution in [0.5, 0.6) is 0 Å². The molecule has 0 aromatic heterocycles. The molecule has 1 unspecified atom stereocenters. The van der Waals surface area contributed by atoms with Crippen molar-refractivity contribution < 1.29 is 99.5 Å². The van der Waals surface area contributed by atoms with Gasteiger partial charge in [-0.25, -0.2) is 32.0 Å². The zero-order valence-corrected chi connectivity index (χ0v) is 27.2. The topological polar surface area (TPSA) is 173 Å². The van der Waals surface area contributed by atoms with Crippen LogP contribution in [0, 0.1) is 0 Å². The van der Waals surface area contributed by atoms with Gasteiger partial charge in [0.1, 0.15) is 23.5 Å². The molecular weight excluding hydrogens is 560 g/mol. The van der Waals surface area contributed by atoms with E-state index >= 15 is 0 Å². The number of hydrogen-bond acceptors (Lipinski definition) is 8. The molecule has 13 nitrogen and oxygen atoms in total. The molecule has 3 fully saturated rings. The molecule has 3 aliphatic heterocycles. The third-order valence-corrected chi connectivity index (χ3v) is 8.96. The second-order valence-corrected chi connectivity index (χ2v) is 12.8. The molecule has 0 aliphatic carbocycles. The van der Waals surface area contributed by atoms with Crippen LogP contribution < -0.4 is 69.7 Å². The van der Waals surface area contributed by atoms with Crippen molar-refractivity contribution in [2.45, 2.75) is 42.1 Å². The fraction of sp³-hybridized carbons (Fsp3) is 0.476. The van der Waals surface area contributed by atoms with Crippen LogP contribution >= 0.6 is 11.8 Å². The Labute approximate surface area is 271 Å². The van der Waals surface area contributed by atoms with Crippen molar-refractivity contribution in [1.82, 2.24) is 24.7 Å². The molecule has 0 radical (unpaired) electrons. The maximum absolute atomic E-state index is 13.3. The van der Waals surface area contributed by atoms with E-state index in [4.69, 9.17) is 0 Å². The van der Waals surface area contributed by atoms with Crippen LogP contribution in [0.3, 0.4) is 0 Å². The number of rotatable bonds is 6. The third-order valence-electron chi connectivity index (χ3n) is 6.25. The second kappa shape index (κ2) is 12.0. The molecule has 1 aromatic rings. The van der Waals surface area contributed by atoms with E-state index in [2.05, 4.69) is 10.6 Å². The Balaban J connectivity index is 0.00000380. The molecule has 3 heterocycles. The van der Waals surface area contributed by atoms with Gasteiger partial charge in [-0.05, 0) is 19.4 Å². The molecule has 1 aromatic carbocycles. The van der Waals surface area contributed by atoms with Gasteiger partial charge in [0.25, 0.3) is 0 Å². The maximum atomic E-state index is 13.3. The number of urea groups is 2. The van der Waals surface area contributed by atoms with Gasteiger partial charge >= 0.3 is 77.1 Å². The van der Waals surface area contributed by atoms with Crippen LogP contribution in [0.15, 0.2) is 30.3 Å². The summed E-state index contributed by atoms with van der Waals surface area (Å²) in [7, 11) is -3.87. The summed E-state index contributed by atoms with van der Waals surface area (Å²) in [5.74, 6) is -2.42. The minimum Gasteiger partial charge on any atom is -1.00 e. The summed E-state index contributed by atoms with van der Waals surface area (Å²) in [5, 5.41) is 14.0. The number of fused-ring (bicyclic) bond motifs is 1. The van der Waals surface area contributed by atoms with Crippen molar-refractivity contribution in [3.05, 3.63) is 35.9 Å². The van der Waals surface area contributed by atoms with E-state index in [0.29, 0.717) is 14.8 Å². The number of β-lactam (4-membered cyclic amide) rings is 1. The van der Waals surface area contributed by atoms with Gasteiger partial charge in [-0.3, -0.25) is 9.59 Å². The molecule has 3 N–H and O–H groups in total. The van der Waals surface area contributed by atoms with Gasteiger partial charge < -0.3 is 23.5 Å². The average molecular weight is 588 g/mol. The Morgan fingerprint density at radius 1 is 1.13 bits per heavy atom. The summed E-state index contributed by atoms with van der Waals surface area (Å²) in [6.07, 6.45) is 0.850. The fourth-order valence-electron chi connectivity index (χ4n) is 4.54. The first-order valence-electron chi connectivity index (χ1n) is 10.9. The van der Waals surface area contributed by atoms with E-state index in [-0.39, 0.29) is 75.1 Å². The summed E-state index contributed by atoms with van der Waals surface area (Å²) >= 11 is 1.26. The van der Waals surface area contributed by atoms with Crippen LogP contribution in [-0.4, -0.2) is 99.0 Å². The first-order chi connectivity index (χ1) is 16.7. The number of carbonyl (C=O) groups is 5. The van der Waals surface area contributed by atoms with Gasteiger partial charge in [0.15, 0.2) is 0 Å². The minimum absolute atomic E-state index is 0. The van der Waals surface area contributed by atoms with Gasteiger partial charge in [0.2, 0.25) is 21.8 Å². The van der Waals surface area contributed by atoms with Gasteiger partial charge in [-0.2, -0.15) is 0 Å². The van der Waals surface area contributed by atoms with E-state index in [1.54, 1.807) is 44.2 Å². The first-order valence-corrected chi connectivity index (χ1v) is 13.6. The third kappa shape index (κ3) is 6.04. The zero-order chi connectivity index (χ0) is 26.6. The molecule has 4 rings (SSSR count). The quantitative estimate of drug-likeness (QED) is 0.216. The molecule has 38 heavy (non-hydrogen) atoms. The summed E-state index contributed by atoms with van der Waals surface area (Å²) in [6, 6.07) is 2.76. The summed E-state index contributed by atoms with van der Waals surface area (Å²) in [6.45, 7) is 3.02. The number of imide groups is 1. The number of thioether (sulfide) groups is 1. The Morgan fingerprint density at radius 2 is 1.74 bits per heavy atom. The number of carboxylic acid groups (broad SMARTS) is 1. The zero-order valence-electron chi connectivity index (χ0n) is 23.6. The van der Waals surface area contributed by atoms with Gasteiger partial charge in [0, 0.05) is 4.75 Å². The fourth-order valence-corrected chi connectivity index (χ4v) is 6.96. The number of hydrogen-bond donors (Lipinski definition) is 3. The Bertz CT molecular complexity index is 1260. The van der Waals surface area contributed by atoms with Crippen molar-refractivity contribution in [2.75, 3.05) is 19.3 Å². The monoisotopic (exact) mass is 587 g/mol. The van der Waals surface area contributed by atoms with Gasteiger partial charge in [0.05, 0.1) is 19.3 Å². The maximum Gasteiger partial charge on any atom is 1.00 e. The van der Waals surface area contributed by atoms with Crippen LogP contribution in [-0.2, 0) is 24.4 Å². The molecule has 3 saturated heterocycles. The molecule has 0 saturated carbocycles. The number of carboxylic acids is 1. The van der Waals surface area contributed by atoms with Crippen molar-refractivity contribution >= 4 is 51.6 Å². The number of carbonyl (C=O) groups excluding carboxylic acids is 4. The van der Waals surface area contributed by atoms with Crippen molar-refractivity contribution in [1.29, 1.82) is 0 Å². The smallest absolute Gasteiger partial charge is 1.00 e. The normalized spacial score (nSPS) is 24.4. The average Bonchev–Trinajstić information content (AvgIpc) is 3.31. The van der Waals surface area contributed by atoms with Crippen LogP contribution in [0.4, 0.5) is 9.59 Å².